The molecule has 2 aliphatic rings. The summed E-state index contributed by atoms with van der Waals surface area (Å²) in [6, 6.07) is 4.05. The molecule has 25 heavy (non-hydrogen) atoms. The number of pyridine rings is 1. The molecule has 2 aliphatic carbocycles. The molecular formula is C22H30N2O. The highest BCUT2D eigenvalue weighted by atomic mass is 16.1. The van der Waals surface area contributed by atoms with Crippen LogP contribution in [0.3, 0.4) is 0 Å². The van der Waals surface area contributed by atoms with Crippen LogP contribution in [0.4, 0.5) is 0 Å². The Bertz CT molecular complexity index is 773. The van der Waals surface area contributed by atoms with Crippen LogP contribution in [0, 0.1) is 22.7 Å². The fraction of sp³-hybridized carbons (Fsp3) is 0.500. The number of aromatic nitrogens is 1. The number of rotatable bonds is 2. The number of allylic oxidation sites excluding steroid dienone is 4. The molecule has 3 rings (SSSR count). The van der Waals surface area contributed by atoms with Crippen LogP contribution in [0.2, 0.25) is 0 Å². The molecule has 1 fully saturated rings. The van der Waals surface area contributed by atoms with E-state index in [1.807, 2.05) is 26.1 Å². The monoisotopic (exact) mass is 338 g/mol. The lowest BCUT2D eigenvalue weighted by Gasteiger charge is -2.37. The van der Waals surface area contributed by atoms with E-state index >= 15 is 0 Å². The maximum Gasteiger partial charge on any atom is 0.134 e. The molecule has 0 saturated heterocycles. The van der Waals surface area contributed by atoms with Crippen molar-refractivity contribution >= 4 is 11.4 Å². The predicted molar refractivity (Wildman–Crippen MR) is 104 cm³/mol. The van der Waals surface area contributed by atoms with E-state index in [9.17, 15) is 4.79 Å². The Morgan fingerprint density at radius 2 is 2.08 bits per heavy atom. The molecule has 2 atom stereocenters. The van der Waals surface area contributed by atoms with Crippen LogP contribution in [0.25, 0.3) is 5.57 Å². The molecule has 1 heterocycles. The van der Waals surface area contributed by atoms with Crippen molar-refractivity contribution in [3.05, 3.63) is 46.8 Å². The van der Waals surface area contributed by atoms with Gasteiger partial charge in [0.2, 0.25) is 0 Å². The molecule has 1 aromatic rings. The third-order valence-electron chi connectivity index (χ3n) is 5.19. The number of Topliss-reactive ketones (excluding diaryl/α,β-unsaturated/α-hetero) is 1. The first kappa shape index (κ1) is 19.1. The highest BCUT2D eigenvalue weighted by molar-refractivity contribution is 5.82. The van der Waals surface area contributed by atoms with Crippen molar-refractivity contribution in [3.8, 4) is 6.07 Å². The molecular weight excluding hydrogens is 308 g/mol. The van der Waals surface area contributed by atoms with Crippen LogP contribution in [-0.4, -0.2) is 10.8 Å². The molecule has 0 N–H and O–H groups in total. The van der Waals surface area contributed by atoms with E-state index in [4.69, 9.17) is 5.26 Å². The molecule has 0 aliphatic heterocycles. The van der Waals surface area contributed by atoms with Gasteiger partial charge < -0.3 is 0 Å². The van der Waals surface area contributed by atoms with Gasteiger partial charge in [-0.25, -0.2) is 0 Å². The maximum atomic E-state index is 12.1. The largest absolute Gasteiger partial charge is 0.300 e. The van der Waals surface area contributed by atoms with Gasteiger partial charge in [0.05, 0.1) is 5.56 Å². The van der Waals surface area contributed by atoms with E-state index in [0.717, 1.165) is 24.8 Å². The van der Waals surface area contributed by atoms with Gasteiger partial charge in [-0.1, -0.05) is 39.3 Å². The third kappa shape index (κ3) is 4.07. The van der Waals surface area contributed by atoms with Crippen molar-refractivity contribution in [2.75, 3.05) is 0 Å². The minimum absolute atomic E-state index is 0. The molecule has 0 bridgehead atoms. The lowest BCUT2D eigenvalue weighted by Crippen LogP contribution is -2.31. The molecule has 3 nitrogen and oxygen atoms in total. The topological polar surface area (TPSA) is 53.8 Å². The number of nitriles is 1. The second kappa shape index (κ2) is 7.78. The van der Waals surface area contributed by atoms with Gasteiger partial charge >= 0.3 is 0 Å². The first-order valence-electron chi connectivity index (χ1n) is 9.19. The van der Waals surface area contributed by atoms with E-state index < -0.39 is 0 Å². The SMILES string of the molecule is CC.CC1=C(c2cncc(C#N)c2)CC([C@]2(C)CC(=O)CC(C)C2)=C1.[HH]. The summed E-state index contributed by atoms with van der Waals surface area (Å²) in [5, 5.41) is 9.07. The minimum atomic E-state index is -0.0297. The van der Waals surface area contributed by atoms with Crippen LogP contribution in [0.15, 0.2) is 35.7 Å². The van der Waals surface area contributed by atoms with Gasteiger partial charge in [-0.3, -0.25) is 9.78 Å². The van der Waals surface area contributed by atoms with Crippen LogP contribution in [0.1, 0.15) is 72.9 Å². The summed E-state index contributed by atoms with van der Waals surface area (Å²) < 4.78 is 0. The molecule has 0 radical (unpaired) electrons. The van der Waals surface area contributed by atoms with Gasteiger partial charge in [0.1, 0.15) is 11.9 Å². The van der Waals surface area contributed by atoms with E-state index in [1.54, 1.807) is 6.20 Å². The highest BCUT2D eigenvalue weighted by Crippen LogP contribution is 2.49. The first-order chi connectivity index (χ1) is 11.9. The summed E-state index contributed by atoms with van der Waals surface area (Å²) >= 11 is 0. The summed E-state index contributed by atoms with van der Waals surface area (Å²) in [4.78, 5) is 16.3. The summed E-state index contributed by atoms with van der Waals surface area (Å²) in [5.74, 6) is 0.835. The smallest absolute Gasteiger partial charge is 0.134 e. The number of ketones is 1. The summed E-state index contributed by atoms with van der Waals surface area (Å²) in [7, 11) is 0. The average Bonchev–Trinajstić information content (AvgIpc) is 2.98. The average molecular weight is 338 g/mol. The zero-order chi connectivity index (χ0) is 18.6. The Morgan fingerprint density at radius 3 is 2.72 bits per heavy atom. The lowest BCUT2D eigenvalue weighted by atomic mass is 9.66. The number of nitrogens with zero attached hydrogens (tertiary/aromatic N) is 2. The zero-order valence-corrected chi connectivity index (χ0v) is 16.0. The molecule has 1 saturated carbocycles. The zero-order valence-electron chi connectivity index (χ0n) is 16.0. The lowest BCUT2D eigenvalue weighted by molar-refractivity contribution is -0.124. The van der Waals surface area contributed by atoms with E-state index in [-0.39, 0.29) is 6.84 Å². The van der Waals surface area contributed by atoms with Gasteiger partial charge in [0, 0.05) is 26.7 Å². The normalized spacial score (nSPS) is 25.8. The highest BCUT2D eigenvalue weighted by Gasteiger charge is 2.39. The van der Waals surface area contributed by atoms with Crippen molar-refractivity contribution < 1.29 is 6.22 Å². The molecule has 134 valence electrons. The van der Waals surface area contributed by atoms with Gasteiger partial charge in [0.25, 0.3) is 0 Å². The van der Waals surface area contributed by atoms with Crippen LogP contribution in [-0.2, 0) is 4.79 Å². The maximum absolute atomic E-state index is 12.1. The summed E-state index contributed by atoms with van der Waals surface area (Å²) in [6.45, 7) is 10.5. The number of hydrogen-bond donors (Lipinski definition) is 0. The molecule has 0 aromatic carbocycles. The molecule has 1 aromatic heterocycles. The molecule has 1 unspecified atom stereocenters. The van der Waals surface area contributed by atoms with Crippen molar-refractivity contribution in [2.24, 2.45) is 11.3 Å². The van der Waals surface area contributed by atoms with E-state index in [1.165, 1.54) is 16.7 Å². The second-order valence-corrected chi connectivity index (χ2v) is 7.37. The number of hydrogen-bond acceptors (Lipinski definition) is 3. The Morgan fingerprint density at radius 1 is 1.36 bits per heavy atom. The van der Waals surface area contributed by atoms with Gasteiger partial charge in [-0.2, -0.15) is 5.26 Å². The Kier molecular flexibility index (Phi) is 5.95. The number of carbonyl (C=O) groups excluding carboxylic acids is 1. The van der Waals surface area contributed by atoms with Gasteiger partial charge in [-0.05, 0) is 53.9 Å². The summed E-state index contributed by atoms with van der Waals surface area (Å²) in [5.41, 5.74) is 5.39. The molecule has 3 heteroatoms. The van der Waals surface area contributed by atoms with Crippen molar-refractivity contribution in [3.63, 3.8) is 0 Å². The Hall–Kier alpha value is -2.21. The van der Waals surface area contributed by atoms with E-state index in [0.29, 0.717) is 23.7 Å². The van der Waals surface area contributed by atoms with Crippen LogP contribution >= 0.6 is 0 Å². The van der Waals surface area contributed by atoms with Crippen molar-refractivity contribution in [2.45, 2.75) is 60.3 Å². The van der Waals surface area contributed by atoms with Crippen LogP contribution in [0.5, 0.6) is 0 Å². The predicted octanol–water partition coefficient (Wildman–Crippen LogP) is 5.72. The second-order valence-electron chi connectivity index (χ2n) is 7.37. The summed E-state index contributed by atoms with van der Waals surface area (Å²) in [6.07, 6.45) is 8.97. The standard InChI is InChI=1S/C20H22N2O.C2H6.H2/c1-13-4-18(23)9-20(3,8-13)17-5-14(2)19(7-17)16-6-15(10-21)11-22-12-16;1-2;/h5-6,11-13H,4,7-9H2,1-3H3;1-2H3;1H/t13?,20-;;/m0../s1. The first-order valence-corrected chi connectivity index (χ1v) is 9.19. The van der Waals surface area contributed by atoms with Crippen LogP contribution < -0.4 is 0 Å². The minimum Gasteiger partial charge on any atom is -0.300 e. The molecule has 0 spiro atoms. The fourth-order valence-electron chi connectivity index (χ4n) is 4.17. The Labute approximate surface area is 153 Å². The quantitative estimate of drug-likeness (QED) is 0.692. The number of carbonyl (C=O) groups is 1. The van der Waals surface area contributed by atoms with Gasteiger partial charge in [-0.15, -0.1) is 0 Å². The molecule has 0 amide bonds. The van der Waals surface area contributed by atoms with Gasteiger partial charge in [0.15, 0.2) is 0 Å². The van der Waals surface area contributed by atoms with E-state index in [2.05, 4.69) is 37.9 Å². The van der Waals surface area contributed by atoms with Crippen molar-refractivity contribution in [1.82, 2.24) is 4.98 Å². The third-order valence-corrected chi connectivity index (χ3v) is 5.19. The Balaban J connectivity index is 0.00000109. The fourth-order valence-corrected chi connectivity index (χ4v) is 4.17. The van der Waals surface area contributed by atoms with Crippen molar-refractivity contribution in [1.29, 1.82) is 5.26 Å².